The van der Waals surface area contributed by atoms with E-state index in [2.05, 4.69) is 10.0 Å². The van der Waals surface area contributed by atoms with Gasteiger partial charge in [0.1, 0.15) is 22.4 Å². The van der Waals surface area contributed by atoms with Crippen LogP contribution >= 0.6 is 0 Å². The zero-order valence-corrected chi connectivity index (χ0v) is 14.5. The van der Waals surface area contributed by atoms with Crippen molar-refractivity contribution >= 4 is 38.8 Å². The van der Waals surface area contributed by atoms with Crippen LogP contribution in [0.4, 0.5) is 17.1 Å². The second-order valence-corrected chi connectivity index (χ2v) is 8.51. The zero-order valence-electron chi connectivity index (χ0n) is 13.7. The number of nitrogens with one attached hydrogen (secondary N) is 2. The van der Waals surface area contributed by atoms with Crippen molar-refractivity contribution in [2.75, 3.05) is 10.0 Å². The molecule has 0 aliphatic rings. The predicted octanol–water partition coefficient (Wildman–Crippen LogP) is 3.05. The van der Waals surface area contributed by atoms with Crippen molar-refractivity contribution in [1.82, 2.24) is 0 Å². The lowest BCUT2D eigenvalue weighted by Gasteiger charge is -2.21. The first-order valence-corrected chi connectivity index (χ1v) is 8.70. The normalized spacial score (nSPS) is 13.1. The lowest BCUT2D eigenvalue weighted by molar-refractivity contribution is 0.653. The van der Waals surface area contributed by atoms with Crippen LogP contribution in [0.2, 0.25) is 0 Å². The van der Waals surface area contributed by atoms with Gasteiger partial charge in [-0.3, -0.25) is 14.3 Å². The molecule has 0 spiro atoms. The summed E-state index contributed by atoms with van der Waals surface area (Å²) < 4.78 is 14.3. The summed E-state index contributed by atoms with van der Waals surface area (Å²) in [6.07, 6.45) is 0. The van der Waals surface area contributed by atoms with Crippen molar-refractivity contribution in [3.63, 3.8) is 0 Å². The molecule has 5 nitrogen and oxygen atoms in total. The van der Waals surface area contributed by atoms with Gasteiger partial charge in [0.05, 0.1) is 4.75 Å². The zero-order chi connectivity index (χ0) is 17.5. The molecule has 24 heavy (non-hydrogen) atoms. The maximum atomic E-state index is 12.2. The first kappa shape index (κ1) is 16.4. The van der Waals surface area contributed by atoms with E-state index in [4.69, 9.17) is 0 Å². The van der Waals surface area contributed by atoms with E-state index in [1.807, 2.05) is 42.5 Å². The highest BCUT2D eigenvalue weighted by atomic mass is 32.2. The molecule has 0 amide bonds. The maximum Gasteiger partial charge on any atom is 0.254 e. The van der Waals surface area contributed by atoms with Gasteiger partial charge in [-0.15, -0.1) is 0 Å². The fraction of sp³-hybridized carbons (Fsp3) is 0.222. The van der Waals surface area contributed by atoms with Crippen LogP contribution in [0.3, 0.4) is 0 Å². The molecule has 0 saturated carbocycles. The molecule has 1 atom stereocenters. The molecular formula is C18H18N2O3S. The summed E-state index contributed by atoms with van der Waals surface area (Å²) in [4.78, 5) is 23.8. The summed E-state index contributed by atoms with van der Waals surface area (Å²) in [6.45, 7) is 5.37. The Morgan fingerprint density at radius 2 is 1.50 bits per heavy atom. The minimum absolute atomic E-state index is 0.0844. The first-order valence-electron chi connectivity index (χ1n) is 7.55. The maximum absolute atomic E-state index is 12.2. The van der Waals surface area contributed by atoms with Crippen LogP contribution in [0.1, 0.15) is 20.8 Å². The quantitative estimate of drug-likeness (QED) is 0.715. The molecule has 0 radical (unpaired) electrons. The molecule has 0 aliphatic carbocycles. The van der Waals surface area contributed by atoms with Gasteiger partial charge in [-0.2, -0.15) is 0 Å². The summed E-state index contributed by atoms with van der Waals surface area (Å²) >= 11 is 0. The topological polar surface area (TPSA) is 75.3 Å². The molecule has 3 rings (SSSR count). The Bertz CT molecular complexity index is 1010. The first-order chi connectivity index (χ1) is 11.3. The molecule has 0 aliphatic heterocycles. The Labute approximate surface area is 142 Å². The van der Waals surface area contributed by atoms with Crippen molar-refractivity contribution in [1.29, 1.82) is 0 Å². The molecule has 0 bridgehead atoms. The fourth-order valence-corrected chi connectivity index (χ4v) is 3.01. The Balaban J connectivity index is 1.97. The lowest BCUT2D eigenvalue weighted by Crippen LogP contribution is -2.39. The second-order valence-electron chi connectivity index (χ2n) is 6.54. The summed E-state index contributed by atoms with van der Waals surface area (Å²) in [6, 6.07) is 13.4. The molecule has 124 valence electrons. The monoisotopic (exact) mass is 342 g/mol. The van der Waals surface area contributed by atoms with Gasteiger partial charge in [0.2, 0.25) is 0 Å². The Morgan fingerprint density at radius 1 is 0.875 bits per heavy atom. The van der Waals surface area contributed by atoms with Crippen LogP contribution < -0.4 is 20.9 Å². The van der Waals surface area contributed by atoms with Crippen molar-refractivity contribution < 1.29 is 4.21 Å². The van der Waals surface area contributed by atoms with Crippen molar-refractivity contribution in [3.8, 4) is 0 Å². The predicted molar refractivity (Wildman–Crippen MR) is 100 cm³/mol. The molecule has 0 heterocycles. The minimum Gasteiger partial charge on any atom is -0.350 e. The Morgan fingerprint density at radius 3 is 2.21 bits per heavy atom. The number of benzene rings is 2. The second kappa shape index (κ2) is 5.87. The van der Waals surface area contributed by atoms with Crippen LogP contribution in [-0.4, -0.2) is 8.96 Å². The van der Waals surface area contributed by atoms with Crippen LogP contribution in [0.25, 0.3) is 10.8 Å². The average molecular weight is 342 g/mol. The van der Waals surface area contributed by atoms with Gasteiger partial charge in [0, 0.05) is 11.1 Å². The molecular weight excluding hydrogens is 324 g/mol. The number of anilines is 3. The van der Waals surface area contributed by atoms with Gasteiger partial charge in [-0.1, -0.05) is 36.4 Å². The van der Waals surface area contributed by atoms with Gasteiger partial charge in [0.25, 0.3) is 10.9 Å². The van der Waals surface area contributed by atoms with E-state index < -0.39 is 26.6 Å². The van der Waals surface area contributed by atoms with E-state index >= 15 is 0 Å². The summed E-state index contributed by atoms with van der Waals surface area (Å²) in [7, 11) is -1.48. The summed E-state index contributed by atoms with van der Waals surface area (Å²) in [5, 5.41) is 4.98. The molecule has 6 heteroatoms. The average Bonchev–Trinajstić information content (AvgIpc) is 2.56. The summed E-state index contributed by atoms with van der Waals surface area (Å²) in [5.74, 6) is 0. The fourth-order valence-electron chi connectivity index (χ4n) is 2.32. The molecule has 2 N–H and O–H groups in total. The molecule has 0 saturated heterocycles. The van der Waals surface area contributed by atoms with Crippen molar-refractivity contribution in [3.05, 3.63) is 62.9 Å². The highest BCUT2D eigenvalue weighted by Crippen LogP contribution is 2.28. The number of fused-ring (bicyclic) bond motifs is 1. The van der Waals surface area contributed by atoms with Crippen LogP contribution in [0.5, 0.6) is 0 Å². The molecule has 3 aromatic rings. The Kier molecular flexibility index (Phi) is 4.01. The minimum atomic E-state index is -1.48. The van der Waals surface area contributed by atoms with E-state index in [1.54, 1.807) is 20.8 Å². The van der Waals surface area contributed by atoms with Gasteiger partial charge in [-0.05, 0) is 32.2 Å². The van der Waals surface area contributed by atoms with Crippen LogP contribution in [0.15, 0.2) is 52.1 Å². The Hall–Kier alpha value is -2.47. The molecule has 0 aromatic heterocycles. The van der Waals surface area contributed by atoms with E-state index in [0.717, 1.165) is 16.5 Å². The van der Waals surface area contributed by atoms with Gasteiger partial charge in [-0.25, -0.2) is 4.21 Å². The lowest BCUT2D eigenvalue weighted by atomic mass is 10.1. The molecule has 3 aromatic carbocycles. The highest BCUT2D eigenvalue weighted by molar-refractivity contribution is 7.87. The highest BCUT2D eigenvalue weighted by Gasteiger charge is 2.27. The standard InChI is InChI=1S/C18H18N2O3S/c1-18(2,3)24(23)20-15-14(16(21)17(15)22)19-13-10-6-8-11-7-4-5-9-12(11)13/h4-10,19-20H,1-3H3. The van der Waals surface area contributed by atoms with Gasteiger partial charge < -0.3 is 5.32 Å². The molecule has 0 fully saturated rings. The van der Waals surface area contributed by atoms with Crippen LogP contribution in [-0.2, 0) is 11.0 Å². The van der Waals surface area contributed by atoms with Crippen molar-refractivity contribution in [2.45, 2.75) is 25.5 Å². The van der Waals surface area contributed by atoms with Crippen LogP contribution in [0, 0.1) is 0 Å². The van der Waals surface area contributed by atoms with E-state index in [-0.39, 0.29) is 11.4 Å². The van der Waals surface area contributed by atoms with E-state index in [0.29, 0.717) is 0 Å². The van der Waals surface area contributed by atoms with E-state index in [1.165, 1.54) is 0 Å². The third-order valence-corrected chi connectivity index (χ3v) is 5.21. The van der Waals surface area contributed by atoms with Gasteiger partial charge in [0.15, 0.2) is 0 Å². The van der Waals surface area contributed by atoms with Gasteiger partial charge >= 0.3 is 0 Å². The SMILES string of the molecule is CC(C)(C)S(=O)Nc1c(Nc2cccc3ccccc23)c(=O)c1=O. The van der Waals surface area contributed by atoms with Crippen molar-refractivity contribution in [2.24, 2.45) is 0 Å². The number of rotatable bonds is 4. The van der Waals surface area contributed by atoms with E-state index in [9.17, 15) is 13.8 Å². The number of hydrogen-bond acceptors (Lipinski definition) is 4. The molecule has 1 unspecified atom stereocenters. The third-order valence-electron chi connectivity index (χ3n) is 3.71. The third kappa shape index (κ3) is 2.85. The smallest absolute Gasteiger partial charge is 0.254 e. The number of hydrogen-bond donors (Lipinski definition) is 2. The largest absolute Gasteiger partial charge is 0.350 e. The summed E-state index contributed by atoms with van der Waals surface area (Å²) in [5.41, 5.74) is -0.272.